The van der Waals surface area contributed by atoms with Crippen LogP contribution in [0.2, 0.25) is 0 Å². The highest BCUT2D eigenvalue weighted by Crippen LogP contribution is 2.06. The van der Waals surface area contributed by atoms with Crippen molar-refractivity contribution in [2.75, 3.05) is 0 Å². The molecule has 0 rings (SSSR count). The van der Waals surface area contributed by atoms with E-state index in [-0.39, 0.29) is 12.0 Å². The Hall–Kier alpha value is -1.32. The molecule has 0 spiro atoms. The van der Waals surface area contributed by atoms with Gasteiger partial charge in [0.25, 0.3) is 0 Å². The molecule has 92 valence electrons. The van der Waals surface area contributed by atoms with E-state index in [0.29, 0.717) is 0 Å². The topological polar surface area (TPSA) is 52.6 Å². The van der Waals surface area contributed by atoms with Crippen LogP contribution < -0.4 is 0 Å². The lowest BCUT2D eigenvalue weighted by atomic mass is 10.1. The molecule has 0 amide bonds. The molecular formula is C12H20O4. The van der Waals surface area contributed by atoms with Crippen LogP contribution >= 0.6 is 0 Å². The standard InChI is InChI=1S/C12H20O4/c1-4-5-6-7-8-9-11(13)15-16-12(14)10(2)3/h2,4-9H2,1,3H3. The van der Waals surface area contributed by atoms with Gasteiger partial charge in [-0.05, 0) is 13.3 Å². The van der Waals surface area contributed by atoms with Crippen molar-refractivity contribution in [2.45, 2.75) is 52.4 Å². The average molecular weight is 228 g/mol. The zero-order valence-corrected chi connectivity index (χ0v) is 10.1. The van der Waals surface area contributed by atoms with E-state index in [2.05, 4.69) is 23.3 Å². The molecule has 0 saturated heterocycles. The van der Waals surface area contributed by atoms with Crippen LogP contribution in [-0.2, 0) is 19.4 Å². The molecule has 0 saturated carbocycles. The summed E-state index contributed by atoms with van der Waals surface area (Å²) in [5.41, 5.74) is 0.204. The van der Waals surface area contributed by atoms with Crippen molar-refractivity contribution < 1.29 is 19.4 Å². The largest absolute Gasteiger partial charge is 0.381 e. The SMILES string of the molecule is C=C(C)C(=O)OOC(=O)CCCCCCC. The average Bonchev–Trinajstić information content (AvgIpc) is 2.25. The first kappa shape index (κ1) is 14.7. The molecule has 0 radical (unpaired) electrons. The van der Waals surface area contributed by atoms with Crippen molar-refractivity contribution in [3.63, 3.8) is 0 Å². The summed E-state index contributed by atoms with van der Waals surface area (Å²) in [7, 11) is 0. The fourth-order valence-electron chi connectivity index (χ4n) is 1.07. The molecule has 16 heavy (non-hydrogen) atoms. The minimum atomic E-state index is -0.709. The van der Waals surface area contributed by atoms with Crippen molar-refractivity contribution in [2.24, 2.45) is 0 Å². The Morgan fingerprint density at radius 2 is 1.69 bits per heavy atom. The van der Waals surface area contributed by atoms with E-state index in [1.165, 1.54) is 19.8 Å². The predicted octanol–water partition coefficient (Wildman–Crippen LogP) is 2.92. The summed E-state index contributed by atoms with van der Waals surface area (Å²) in [4.78, 5) is 30.5. The molecule has 0 N–H and O–H groups in total. The van der Waals surface area contributed by atoms with Gasteiger partial charge in [0.15, 0.2) is 0 Å². The Morgan fingerprint density at radius 1 is 1.06 bits per heavy atom. The van der Waals surface area contributed by atoms with Crippen molar-refractivity contribution in [1.29, 1.82) is 0 Å². The second kappa shape index (κ2) is 8.95. The molecule has 4 heteroatoms. The second-order valence-corrected chi connectivity index (χ2v) is 3.77. The van der Waals surface area contributed by atoms with Gasteiger partial charge in [-0.15, -0.1) is 0 Å². The van der Waals surface area contributed by atoms with Gasteiger partial charge in [0.05, 0.1) is 6.42 Å². The summed E-state index contributed by atoms with van der Waals surface area (Å²) in [5, 5.41) is 0. The number of unbranched alkanes of at least 4 members (excludes halogenated alkanes) is 4. The summed E-state index contributed by atoms with van der Waals surface area (Å²) in [6.45, 7) is 6.98. The normalized spacial score (nSPS) is 9.62. The van der Waals surface area contributed by atoms with E-state index in [4.69, 9.17) is 0 Å². The lowest BCUT2D eigenvalue weighted by Gasteiger charge is -2.02. The Morgan fingerprint density at radius 3 is 2.25 bits per heavy atom. The van der Waals surface area contributed by atoms with E-state index in [1.807, 2.05) is 0 Å². The first-order chi connectivity index (χ1) is 7.57. The highest BCUT2D eigenvalue weighted by molar-refractivity contribution is 5.87. The van der Waals surface area contributed by atoms with Gasteiger partial charge in [-0.2, -0.15) is 0 Å². The highest BCUT2D eigenvalue weighted by atomic mass is 17.2. The van der Waals surface area contributed by atoms with Crippen molar-refractivity contribution in [3.05, 3.63) is 12.2 Å². The monoisotopic (exact) mass is 228 g/mol. The maximum Gasteiger partial charge on any atom is 0.381 e. The molecular weight excluding hydrogens is 208 g/mol. The van der Waals surface area contributed by atoms with Gasteiger partial charge in [0.2, 0.25) is 0 Å². The van der Waals surface area contributed by atoms with E-state index < -0.39 is 11.9 Å². The third kappa shape index (κ3) is 8.03. The molecule has 0 aliphatic heterocycles. The van der Waals surface area contributed by atoms with Gasteiger partial charge in [0.1, 0.15) is 0 Å². The van der Waals surface area contributed by atoms with Crippen molar-refractivity contribution in [3.8, 4) is 0 Å². The molecule has 4 nitrogen and oxygen atoms in total. The number of hydrogen-bond donors (Lipinski definition) is 0. The van der Waals surface area contributed by atoms with Crippen LogP contribution in [0.25, 0.3) is 0 Å². The van der Waals surface area contributed by atoms with Gasteiger partial charge in [-0.1, -0.05) is 39.2 Å². The van der Waals surface area contributed by atoms with Gasteiger partial charge in [-0.3, -0.25) is 0 Å². The van der Waals surface area contributed by atoms with Gasteiger partial charge < -0.3 is 0 Å². The van der Waals surface area contributed by atoms with E-state index in [9.17, 15) is 9.59 Å². The van der Waals surface area contributed by atoms with Crippen LogP contribution in [0.1, 0.15) is 52.4 Å². The lowest BCUT2D eigenvalue weighted by Crippen LogP contribution is -2.11. The molecule has 0 fully saturated rings. The van der Waals surface area contributed by atoms with Crippen LogP contribution in [0.5, 0.6) is 0 Å². The third-order valence-electron chi connectivity index (χ3n) is 2.04. The van der Waals surface area contributed by atoms with Crippen LogP contribution in [0.15, 0.2) is 12.2 Å². The fourth-order valence-corrected chi connectivity index (χ4v) is 1.07. The molecule has 0 atom stereocenters. The molecule has 0 aromatic rings. The molecule has 0 unspecified atom stereocenters. The van der Waals surface area contributed by atoms with Gasteiger partial charge >= 0.3 is 11.9 Å². The minimum Gasteiger partial charge on any atom is -0.247 e. The molecule has 0 aromatic heterocycles. The van der Waals surface area contributed by atoms with E-state index in [1.54, 1.807) is 0 Å². The Labute approximate surface area is 96.5 Å². The van der Waals surface area contributed by atoms with Crippen molar-refractivity contribution >= 4 is 11.9 Å². The predicted molar refractivity (Wildman–Crippen MR) is 60.4 cm³/mol. The Kier molecular flexibility index (Phi) is 8.21. The first-order valence-corrected chi connectivity index (χ1v) is 5.65. The zero-order valence-electron chi connectivity index (χ0n) is 10.1. The molecule has 0 aliphatic rings. The first-order valence-electron chi connectivity index (χ1n) is 5.65. The van der Waals surface area contributed by atoms with Crippen LogP contribution in [0, 0.1) is 0 Å². The summed E-state index contributed by atoms with van der Waals surface area (Å²) in [6, 6.07) is 0. The molecule has 0 aromatic carbocycles. The Bertz CT molecular complexity index is 245. The highest BCUT2D eigenvalue weighted by Gasteiger charge is 2.09. The van der Waals surface area contributed by atoms with Gasteiger partial charge in [-0.25, -0.2) is 19.4 Å². The maximum absolute atomic E-state index is 11.1. The molecule has 0 heterocycles. The molecule has 0 aliphatic carbocycles. The lowest BCUT2D eigenvalue weighted by molar-refractivity contribution is -0.255. The summed E-state index contributed by atoms with van der Waals surface area (Å²) < 4.78 is 0. The fraction of sp³-hybridized carbons (Fsp3) is 0.667. The smallest absolute Gasteiger partial charge is 0.247 e. The minimum absolute atomic E-state index is 0.204. The number of carbonyl (C=O) groups excluding carboxylic acids is 2. The second-order valence-electron chi connectivity index (χ2n) is 3.77. The van der Waals surface area contributed by atoms with Crippen LogP contribution in [0.4, 0.5) is 0 Å². The summed E-state index contributed by atoms with van der Waals surface area (Å²) in [5.74, 6) is -1.22. The summed E-state index contributed by atoms with van der Waals surface area (Å²) >= 11 is 0. The van der Waals surface area contributed by atoms with E-state index >= 15 is 0 Å². The van der Waals surface area contributed by atoms with Gasteiger partial charge in [0, 0.05) is 5.57 Å². The third-order valence-corrected chi connectivity index (χ3v) is 2.04. The summed E-state index contributed by atoms with van der Waals surface area (Å²) in [6.07, 6.45) is 5.52. The number of rotatable bonds is 7. The number of hydrogen-bond acceptors (Lipinski definition) is 4. The van der Waals surface area contributed by atoms with Crippen LogP contribution in [-0.4, -0.2) is 11.9 Å². The molecule has 0 bridgehead atoms. The maximum atomic E-state index is 11.1. The Balaban J connectivity index is 3.45. The quantitative estimate of drug-likeness (QED) is 0.291. The van der Waals surface area contributed by atoms with Crippen molar-refractivity contribution in [1.82, 2.24) is 0 Å². The van der Waals surface area contributed by atoms with Crippen LogP contribution in [0.3, 0.4) is 0 Å². The van der Waals surface area contributed by atoms with E-state index in [0.717, 1.165) is 19.3 Å². The zero-order chi connectivity index (χ0) is 12.4. The number of carbonyl (C=O) groups is 2.